The van der Waals surface area contributed by atoms with Crippen LogP contribution in [0.15, 0.2) is 73.1 Å². The number of rotatable bonds is 10. The lowest BCUT2D eigenvalue weighted by Gasteiger charge is -2.26. The number of benzene rings is 2. The van der Waals surface area contributed by atoms with Crippen molar-refractivity contribution < 1.29 is 19.5 Å². The van der Waals surface area contributed by atoms with Crippen molar-refractivity contribution in [3.05, 3.63) is 93.9 Å². The van der Waals surface area contributed by atoms with Crippen LogP contribution in [0.3, 0.4) is 0 Å². The van der Waals surface area contributed by atoms with Crippen LogP contribution in [-0.2, 0) is 21.4 Å². The van der Waals surface area contributed by atoms with Crippen LogP contribution in [0.4, 0.5) is 0 Å². The Morgan fingerprint density at radius 1 is 0.851 bits per heavy atom. The number of carboxylic acids is 1. The molecule has 5 rings (SSSR count). The molecule has 246 valence electrons. The van der Waals surface area contributed by atoms with Gasteiger partial charge in [0.05, 0.1) is 4.88 Å². The molecule has 3 N–H and O–H groups in total. The third-order valence-corrected chi connectivity index (χ3v) is 10.5. The van der Waals surface area contributed by atoms with E-state index in [0.717, 1.165) is 33.0 Å². The molecule has 4 aromatic rings. The number of nitrogens with one attached hydrogen (secondary N) is 2. The summed E-state index contributed by atoms with van der Waals surface area (Å²) < 4.78 is 0. The number of aromatic nitrogens is 2. The minimum Gasteiger partial charge on any atom is -0.480 e. The fourth-order valence-corrected chi connectivity index (χ4v) is 6.84. The second-order valence-corrected chi connectivity index (χ2v) is 14.9. The van der Waals surface area contributed by atoms with E-state index in [2.05, 4.69) is 72.6 Å². The van der Waals surface area contributed by atoms with Crippen molar-refractivity contribution in [1.29, 1.82) is 0 Å². The number of hydrogen-bond acceptors (Lipinski definition) is 6. The van der Waals surface area contributed by atoms with Crippen LogP contribution in [0.1, 0.15) is 91.9 Å². The van der Waals surface area contributed by atoms with Crippen molar-refractivity contribution in [3.63, 3.8) is 0 Å². The molecule has 2 heterocycles. The van der Waals surface area contributed by atoms with Gasteiger partial charge >= 0.3 is 5.97 Å². The molecule has 0 radical (unpaired) electrons. The number of hydrogen-bond donors (Lipinski definition) is 3. The molecule has 1 saturated carbocycles. The van der Waals surface area contributed by atoms with Crippen molar-refractivity contribution in [3.8, 4) is 22.5 Å². The highest BCUT2D eigenvalue weighted by Crippen LogP contribution is 2.36. The van der Waals surface area contributed by atoms with Gasteiger partial charge in [0, 0.05) is 34.8 Å². The zero-order chi connectivity index (χ0) is 33.7. The second-order valence-electron chi connectivity index (χ2n) is 13.8. The summed E-state index contributed by atoms with van der Waals surface area (Å²) in [4.78, 5) is 48.5. The number of carbonyl (C=O) groups is 3. The van der Waals surface area contributed by atoms with E-state index in [9.17, 15) is 19.5 Å². The molecular formula is C38H44N4O4S. The first kappa shape index (κ1) is 34.0. The molecular weight excluding hydrogens is 609 g/mol. The summed E-state index contributed by atoms with van der Waals surface area (Å²) >= 11 is 1.38. The predicted molar refractivity (Wildman–Crippen MR) is 186 cm³/mol. The number of nitrogens with zero attached hydrogens (tertiary/aromatic N) is 2. The van der Waals surface area contributed by atoms with Gasteiger partial charge in [-0.3, -0.25) is 14.4 Å². The van der Waals surface area contributed by atoms with Gasteiger partial charge in [-0.2, -0.15) is 0 Å². The number of aliphatic carboxylic acids is 1. The third kappa shape index (κ3) is 8.71. The minimum atomic E-state index is -1.15. The molecule has 47 heavy (non-hydrogen) atoms. The molecule has 1 fully saturated rings. The minimum absolute atomic E-state index is 0.110. The Bertz CT molecular complexity index is 1680. The number of amides is 2. The zero-order valence-electron chi connectivity index (χ0n) is 27.7. The quantitative estimate of drug-likeness (QED) is 0.164. The summed E-state index contributed by atoms with van der Waals surface area (Å²) in [6.45, 7) is 9.95. The lowest BCUT2D eigenvalue weighted by Crippen LogP contribution is -2.51. The van der Waals surface area contributed by atoms with E-state index in [0.29, 0.717) is 16.6 Å². The van der Waals surface area contributed by atoms with Crippen LogP contribution in [0.5, 0.6) is 0 Å². The number of carboxylic acid groups (broad SMARTS) is 1. The summed E-state index contributed by atoms with van der Waals surface area (Å²) in [5.41, 5.74) is 4.95. The molecule has 0 spiro atoms. The molecule has 1 aliphatic carbocycles. The van der Waals surface area contributed by atoms with Crippen molar-refractivity contribution in [2.75, 3.05) is 0 Å². The van der Waals surface area contributed by atoms with Crippen LogP contribution < -0.4 is 10.6 Å². The first-order chi connectivity index (χ1) is 22.4. The second kappa shape index (κ2) is 14.6. The van der Waals surface area contributed by atoms with Gasteiger partial charge in [0.2, 0.25) is 5.91 Å². The number of thiophene rings is 1. The van der Waals surface area contributed by atoms with Crippen molar-refractivity contribution in [1.82, 2.24) is 20.6 Å². The smallest absolute Gasteiger partial charge is 0.325 e. The Balaban J connectivity index is 1.26. The molecule has 0 unspecified atom stereocenters. The van der Waals surface area contributed by atoms with Crippen molar-refractivity contribution in [2.24, 2.45) is 5.92 Å². The fourth-order valence-electron chi connectivity index (χ4n) is 5.87. The normalized spacial score (nSPS) is 17.8. The molecule has 2 atom stereocenters. The van der Waals surface area contributed by atoms with Crippen LogP contribution >= 0.6 is 11.3 Å². The van der Waals surface area contributed by atoms with E-state index in [4.69, 9.17) is 0 Å². The average Bonchev–Trinajstić information content (AvgIpc) is 3.57. The first-order valence-electron chi connectivity index (χ1n) is 16.3. The summed E-state index contributed by atoms with van der Waals surface area (Å²) in [6, 6.07) is 17.9. The van der Waals surface area contributed by atoms with Gasteiger partial charge in [-0.05, 0) is 65.8 Å². The van der Waals surface area contributed by atoms with Crippen LogP contribution in [0.25, 0.3) is 22.5 Å². The van der Waals surface area contributed by atoms with Gasteiger partial charge in [0.1, 0.15) is 12.1 Å². The highest BCUT2D eigenvalue weighted by atomic mass is 32.1. The summed E-state index contributed by atoms with van der Waals surface area (Å²) in [6.07, 6.45) is 8.97. The van der Waals surface area contributed by atoms with Crippen LogP contribution in [-0.4, -0.2) is 44.9 Å². The van der Waals surface area contributed by atoms with Gasteiger partial charge in [0.15, 0.2) is 5.82 Å². The molecule has 2 aromatic heterocycles. The van der Waals surface area contributed by atoms with Gasteiger partial charge in [-0.25, -0.2) is 9.97 Å². The largest absolute Gasteiger partial charge is 0.480 e. The molecule has 1 aliphatic rings. The van der Waals surface area contributed by atoms with Crippen LogP contribution in [0.2, 0.25) is 0 Å². The zero-order valence-corrected chi connectivity index (χ0v) is 28.6. The molecule has 0 saturated heterocycles. The highest BCUT2D eigenvalue weighted by Gasteiger charge is 2.27. The van der Waals surface area contributed by atoms with Gasteiger partial charge in [-0.15, -0.1) is 11.3 Å². The Hall–Kier alpha value is -4.37. The molecule has 2 aromatic carbocycles. The maximum absolute atomic E-state index is 13.2. The Kier molecular flexibility index (Phi) is 10.5. The monoisotopic (exact) mass is 652 g/mol. The maximum Gasteiger partial charge on any atom is 0.325 e. The molecule has 9 heteroatoms. The summed E-state index contributed by atoms with van der Waals surface area (Å²) in [7, 11) is 0. The fraction of sp³-hybridized carbons (Fsp3) is 0.395. The van der Waals surface area contributed by atoms with Gasteiger partial charge in [-0.1, -0.05) is 89.1 Å². The van der Waals surface area contributed by atoms with E-state index in [1.165, 1.54) is 49.5 Å². The van der Waals surface area contributed by atoms with Crippen molar-refractivity contribution >= 4 is 29.1 Å². The van der Waals surface area contributed by atoms with Crippen molar-refractivity contribution in [2.45, 2.75) is 90.1 Å². The molecule has 2 amide bonds. The lowest BCUT2D eigenvalue weighted by atomic mass is 9.79. The standard InChI is InChI=1S/C38H44N4O4S/c1-23-6-10-26(11-7-23)27-14-16-28(17-15-27)30-21-39-34(40-22-30)29-12-8-25(9-13-29)20-31(35(43)41-24(2)37(45)46)42-36(44)32-18-19-33(47-32)38(3,4)5/h8-9,12-19,21-24,26,31H,6-7,10-11,20H2,1-5H3,(H,41,43)(H,42,44)(H,45,46)/t23?,24-,26?,31+/m1/s1. The van der Waals surface area contributed by atoms with E-state index in [1.807, 2.05) is 42.7 Å². The maximum atomic E-state index is 13.2. The van der Waals surface area contributed by atoms with E-state index < -0.39 is 24.0 Å². The Morgan fingerprint density at radius 3 is 2.04 bits per heavy atom. The molecule has 8 nitrogen and oxygen atoms in total. The topological polar surface area (TPSA) is 121 Å². The highest BCUT2D eigenvalue weighted by molar-refractivity contribution is 7.14. The molecule has 0 aliphatic heterocycles. The SMILES string of the molecule is CC1CCC(c2ccc(-c3cnc(-c4ccc(C[C@H](NC(=O)c5ccc(C(C)(C)C)s5)C(=O)N[C@H](C)C(=O)O)cc4)nc3)cc2)CC1. The first-order valence-corrected chi connectivity index (χ1v) is 17.1. The van der Waals surface area contributed by atoms with Gasteiger partial charge < -0.3 is 15.7 Å². The van der Waals surface area contributed by atoms with E-state index >= 15 is 0 Å². The Morgan fingerprint density at radius 2 is 1.47 bits per heavy atom. The summed E-state index contributed by atoms with van der Waals surface area (Å²) in [5, 5.41) is 14.6. The lowest BCUT2D eigenvalue weighted by molar-refractivity contribution is -0.141. The predicted octanol–water partition coefficient (Wildman–Crippen LogP) is 7.39. The van der Waals surface area contributed by atoms with Crippen LogP contribution in [0, 0.1) is 5.92 Å². The molecule has 0 bridgehead atoms. The average molecular weight is 653 g/mol. The number of carbonyl (C=O) groups excluding carboxylic acids is 2. The van der Waals surface area contributed by atoms with E-state index in [1.54, 1.807) is 6.07 Å². The van der Waals surface area contributed by atoms with Gasteiger partial charge in [0.25, 0.3) is 5.91 Å². The Labute approximate surface area is 281 Å². The van der Waals surface area contributed by atoms with E-state index in [-0.39, 0.29) is 17.7 Å². The third-order valence-electron chi connectivity index (χ3n) is 8.96. The summed E-state index contributed by atoms with van der Waals surface area (Å²) in [5.74, 6) is -0.0285.